The summed E-state index contributed by atoms with van der Waals surface area (Å²) < 4.78 is 4.57. The maximum Gasteiger partial charge on any atom is 0.183 e. The van der Waals surface area contributed by atoms with Gasteiger partial charge in [-0.15, -0.1) is 0 Å². The molecule has 0 aromatic heterocycles. The fraction of sp³-hybridized carbons (Fsp3) is 1.00. The fourth-order valence-electron chi connectivity index (χ4n) is 0.774. The smallest absolute Gasteiger partial charge is 0.183 e. The zero-order chi connectivity index (χ0) is 10.4. The second kappa shape index (κ2) is 6.25. The second-order valence-corrected chi connectivity index (χ2v) is 2.58. The summed E-state index contributed by atoms with van der Waals surface area (Å²) in [4.78, 5) is 0. The van der Waals surface area contributed by atoms with E-state index in [4.69, 9.17) is 25.5 Å². The fourth-order valence-corrected chi connectivity index (χ4v) is 0.774. The Hall–Kier alpha value is -0.240. The number of ether oxygens (including phenoxy) is 1. The van der Waals surface area contributed by atoms with Gasteiger partial charge < -0.3 is 30.3 Å². The molecule has 0 radical (unpaired) electrons. The molecule has 0 saturated heterocycles. The number of aliphatic hydroxyl groups excluding tert-OH is 5. The van der Waals surface area contributed by atoms with Gasteiger partial charge in [0.05, 0.1) is 6.61 Å². The van der Waals surface area contributed by atoms with Crippen LogP contribution in [0.25, 0.3) is 0 Å². The highest BCUT2D eigenvalue weighted by Crippen LogP contribution is 2.05. The Morgan fingerprint density at radius 3 is 2.00 bits per heavy atom. The van der Waals surface area contributed by atoms with E-state index in [1.54, 1.807) is 6.92 Å². The quantitative estimate of drug-likeness (QED) is 0.298. The van der Waals surface area contributed by atoms with Crippen LogP contribution in [0.3, 0.4) is 0 Å². The van der Waals surface area contributed by atoms with Gasteiger partial charge in [-0.1, -0.05) is 0 Å². The zero-order valence-electron chi connectivity index (χ0n) is 7.37. The van der Waals surface area contributed by atoms with Gasteiger partial charge in [0.25, 0.3) is 0 Å². The van der Waals surface area contributed by atoms with Crippen LogP contribution >= 0.6 is 0 Å². The molecule has 0 amide bonds. The molecule has 6 nitrogen and oxygen atoms in total. The molecule has 0 fully saturated rings. The molecule has 0 bridgehead atoms. The van der Waals surface area contributed by atoms with Crippen LogP contribution < -0.4 is 0 Å². The van der Waals surface area contributed by atoms with Crippen molar-refractivity contribution >= 4 is 0 Å². The van der Waals surface area contributed by atoms with Crippen LogP contribution in [0.4, 0.5) is 0 Å². The van der Waals surface area contributed by atoms with Crippen LogP contribution in [0.1, 0.15) is 6.92 Å². The molecule has 0 aliphatic heterocycles. The number of aliphatic hydroxyl groups is 5. The van der Waals surface area contributed by atoms with E-state index < -0.39 is 31.2 Å². The lowest BCUT2D eigenvalue weighted by Crippen LogP contribution is -2.46. The van der Waals surface area contributed by atoms with Crippen LogP contribution in [-0.2, 0) is 4.74 Å². The molecule has 0 aliphatic rings. The van der Waals surface area contributed by atoms with Crippen LogP contribution in [0.2, 0.25) is 0 Å². The Labute approximate surface area is 76.0 Å². The molecule has 80 valence electrons. The van der Waals surface area contributed by atoms with Crippen LogP contribution in [0, 0.1) is 0 Å². The molecule has 6 heteroatoms. The summed E-state index contributed by atoms with van der Waals surface area (Å²) in [6, 6.07) is 0. The number of hydrogen-bond donors (Lipinski definition) is 5. The predicted molar refractivity (Wildman–Crippen MR) is 42.7 cm³/mol. The van der Waals surface area contributed by atoms with E-state index in [2.05, 4.69) is 4.74 Å². The van der Waals surface area contributed by atoms with E-state index >= 15 is 0 Å². The third kappa shape index (κ3) is 3.99. The molecular weight excluding hydrogens is 180 g/mol. The van der Waals surface area contributed by atoms with Gasteiger partial charge in [-0.25, -0.2) is 0 Å². The maximum atomic E-state index is 9.12. The molecule has 0 saturated carbocycles. The van der Waals surface area contributed by atoms with Gasteiger partial charge in [-0.05, 0) is 6.92 Å². The Morgan fingerprint density at radius 2 is 1.62 bits per heavy atom. The minimum Gasteiger partial charge on any atom is -0.394 e. The van der Waals surface area contributed by atoms with E-state index in [1.807, 2.05) is 0 Å². The van der Waals surface area contributed by atoms with Crippen LogP contribution in [0.15, 0.2) is 0 Å². The van der Waals surface area contributed by atoms with E-state index in [1.165, 1.54) is 0 Å². The van der Waals surface area contributed by atoms with Gasteiger partial charge in [0.2, 0.25) is 0 Å². The molecule has 0 rings (SSSR count). The average molecular weight is 196 g/mol. The Kier molecular flexibility index (Phi) is 6.13. The normalized spacial score (nSPS) is 20.8. The largest absolute Gasteiger partial charge is 0.394 e. The van der Waals surface area contributed by atoms with Crippen molar-refractivity contribution in [1.29, 1.82) is 0 Å². The first-order chi connectivity index (χ1) is 6.04. The highest BCUT2D eigenvalue weighted by Gasteiger charge is 2.30. The van der Waals surface area contributed by atoms with E-state index in [0.717, 1.165) is 0 Å². The molecule has 5 N–H and O–H groups in total. The van der Waals surface area contributed by atoms with Crippen molar-refractivity contribution in [2.45, 2.75) is 31.5 Å². The lowest BCUT2D eigenvalue weighted by atomic mass is 10.1. The summed E-state index contributed by atoms with van der Waals surface area (Å²) in [6.07, 6.45) is -6.33. The summed E-state index contributed by atoms with van der Waals surface area (Å²) >= 11 is 0. The number of rotatable bonds is 6. The van der Waals surface area contributed by atoms with Crippen molar-refractivity contribution in [3.8, 4) is 0 Å². The molecule has 0 aromatic rings. The third-order valence-electron chi connectivity index (χ3n) is 1.56. The molecule has 13 heavy (non-hydrogen) atoms. The van der Waals surface area contributed by atoms with Gasteiger partial charge in [-0.2, -0.15) is 0 Å². The first-order valence-corrected chi connectivity index (χ1v) is 3.99. The first kappa shape index (κ1) is 12.8. The van der Waals surface area contributed by atoms with Gasteiger partial charge >= 0.3 is 0 Å². The maximum absolute atomic E-state index is 9.12. The minimum atomic E-state index is -1.64. The van der Waals surface area contributed by atoms with Gasteiger partial charge in [0.15, 0.2) is 6.29 Å². The van der Waals surface area contributed by atoms with Crippen LogP contribution in [-0.4, -0.2) is 63.3 Å². The predicted octanol–water partition coefficient (Wildman–Crippen LogP) is -2.58. The third-order valence-corrected chi connectivity index (χ3v) is 1.56. The lowest BCUT2D eigenvalue weighted by molar-refractivity contribution is -0.202. The molecule has 0 spiro atoms. The highest BCUT2D eigenvalue weighted by atomic mass is 16.6. The van der Waals surface area contributed by atoms with Gasteiger partial charge in [0, 0.05) is 6.61 Å². The summed E-state index contributed by atoms with van der Waals surface area (Å²) in [6.45, 7) is 1.07. The van der Waals surface area contributed by atoms with Gasteiger partial charge in [-0.3, -0.25) is 0 Å². The van der Waals surface area contributed by atoms with E-state index in [9.17, 15) is 0 Å². The van der Waals surface area contributed by atoms with Crippen molar-refractivity contribution in [1.82, 2.24) is 0 Å². The van der Waals surface area contributed by atoms with Crippen molar-refractivity contribution in [3.05, 3.63) is 0 Å². The Bertz CT molecular complexity index is 130. The Balaban J connectivity index is 3.99. The topological polar surface area (TPSA) is 110 Å². The van der Waals surface area contributed by atoms with E-state index in [-0.39, 0.29) is 6.61 Å². The average Bonchev–Trinajstić information content (AvgIpc) is 2.14. The summed E-state index contributed by atoms with van der Waals surface area (Å²) in [5.41, 5.74) is 0. The molecule has 4 atom stereocenters. The van der Waals surface area contributed by atoms with Crippen molar-refractivity contribution < 1.29 is 30.3 Å². The molecular formula is C7H16O6. The minimum absolute atomic E-state index is 0.167. The van der Waals surface area contributed by atoms with Gasteiger partial charge in [0.1, 0.15) is 18.3 Å². The first-order valence-electron chi connectivity index (χ1n) is 3.99. The summed E-state index contributed by atoms with van der Waals surface area (Å²) in [5, 5.41) is 44.5. The van der Waals surface area contributed by atoms with E-state index in [0.29, 0.717) is 0 Å². The summed E-state index contributed by atoms with van der Waals surface area (Å²) in [5.74, 6) is 0. The van der Waals surface area contributed by atoms with Crippen LogP contribution in [0.5, 0.6) is 0 Å². The molecule has 0 aliphatic carbocycles. The van der Waals surface area contributed by atoms with Crippen molar-refractivity contribution in [2.24, 2.45) is 0 Å². The highest BCUT2D eigenvalue weighted by molar-refractivity contribution is 4.76. The monoisotopic (exact) mass is 196 g/mol. The zero-order valence-corrected chi connectivity index (χ0v) is 7.37. The summed E-state index contributed by atoms with van der Waals surface area (Å²) in [7, 11) is 0. The van der Waals surface area contributed by atoms with Crippen molar-refractivity contribution in [2.75, 3.05) is 13.2 Å². The SMILES string of the molecule is CCOC(O)C(O)C(O)C(O)CO. The second-order valence-electron chi connectivity index (χ2n) is 2.58. The number of hydrogen-bond acceptors (Lipinski definition) is 6. The molecule has 0 aromatic carbocycles. The lowest BCUT2D eigenvalue weighted by Gasteiger charge is -2.24. The standard InChI is InChI=1S/C7H16O6/c1-2-13-7(12)6(11)5(10)4(9)3-8/h4-12H,2-3H2,1H3. The molecule has 0 heterocycles. The molecule has 4 unspecified atom stereocenters. The Morgan fingerprint density at radius 1 is 1.08 bits per heavy atom. The van der Waals surface area contributed by atoms with Crippen molar-refractivity contribution in [3.63, 3.8) is 0 Å².